The number of amides is 1. The molecule has 0 radical (unpaired) electrons. The van der Waals surface area contributed by atoms with E-state index in [2.05, 4.69) is 5.32 Å². The van der Waals surface area contributed by atoms with Crippen molar-refractivity contribution < 1.29 is 19.1 Å². The quantitative estimate of drug-likeness (QED) is 0.430. The van der Waals surface area contributed by atoms with Crippen LogP contribution in [0.4, 0.5) is 4.79 Å². The van der Waals surface area contributed by atoms with Crippen LogP contribution in [-0.2, 0) is 20.9 Å². The maximum Gasteiger partial charge on any atom is 0.408 e. The number of alkyl halides is 1. The molecule has 0 unspecified atom stereocenters. The Morgan fingerprint density at radius 1 is 1.19 bits per heavy atom. The molecule has 0 heterocycles. The Balaban J connectivity index is 2.56. The van der Waals surface area contributed by atoms with Crippen LogP contribution < -0.4 is 5.32 Å². The van der Waals surface area contributed by atoms with Gasteiger partial charge in [-0.2, -0.15) is 0 Å². The van der Waals surface area contributed by atoms with Gasteiger partial charge in [-0.25, -0.2) is 9.59 Å². The van der Waals surface area contributed by atoms with Crippen molar-refractivity contribution >= 4 is 34.7 Å². The molecule has 0 aromatic heterocycles. The lowest BCUT2D eigenvalue weighted by molar-refractivity contribution is -0.147. The van der Waals surface area contributed by atoms with Crippen LogP contribution >= 0.6 is 22.6 Å². The van der Waals surface area contributed by atoms with Crippen LogP contribution in [0.5, 0.6) is 0 Å². The first-order valence-corrected chi connectivity index (χ1v) is 8.25. The number of hydrogen-bond acceptors (Lipinski definition) is 4. The van der Waals surface area contributed by atoms with Gasteiger partial charge < -0.3 is 14.8 Å². The van der Waals surface area contributed by atoms with Gasteiger partial charge in [0.2, 0.25) is 0 Å². The Morgan fingerprint density at radius 2 is 1.86 bits per heavy atom. The van der Waals surface area contributed by atoms with Gasteiger partial charge in [-0.05, 0) is 40.5 Å². The van der Waals surface area contributed by atoms with Crippen LogP contribution in [0.1, 0.15) is 25.8 Å². The Labute approximate surface area is 138 Å². The molecular weight excluding hydrogens is 385 g/mol. The lowest BCUT2D eigenvalue weighted by Gasteiger charge is -2.18. The average molecular weight is 405 g/mol. The number of ether oxygens (including phenoxy) is 2. The van der Waals surface area contributed by atoms with E-state index in [1.165, 1.54) is 0 Å². The normalized spacial score (nSPS) is 11.8. The molecular formula is C15H20INO4. The van der Waals surface area contributed by atoms with Gasteiger partial charge in [0.15, 0.2) is 0 Å². The topological polar surface area (TPSA) is 64.6 Å². The molecule has 116 valence electrons. The monoisotopic (exact) mass is 405 g/mol. The molecule has 0 aliphatic carbocycles. The minimum atomic E-state index is -0.691. The minimum Gasteiger partial charge on any atom is -0.459 e. The zero-order chi connectivity index (χ0) is 15.7. The second-order valence-corrected chi connectivity index (χ2v) is 5.58. The van der Waals surface area contributed by atoms with Crippen molar-refractivity contribution in [2.24, 2.45) is 5.92 Å². The molecule has 1 amide bonds. The summed E-state index contributed by atoms with van der Waals surface area (Å²) in [5.41, 5.74) is 0.906. The third-order valence-electron chi connectivity index (χ3n) is 2.69. The van der Waals surface area contributed by atoms with Gasteiger partial charge in [0.25, 0.3) is 0 Å². The van der Waals surface area contributed by atoms with Crippen LogP contribution in [-0.4, -0.2) is 22.7 Å². The van der Waals surface area contributed by atoms with Crippen molar-refractivity contribution in [3.63, 3.8) is 0 Å². The van der Waals surface area contributed by atoms with E-state index in [1.807, 2.05) is 66.8 Å². The number of halogens is 1. The number of carbonyl (C=O) groups excluding carboxylic acids is 2. The van der Waals surface area contributed by atoms with Crippen molar-refractivity contribution in [2.75, 3.05) is 4.61 Å². The van der Waals surface area contributed by atoms with Gasteiger partial charge in [-0.15, -0.1) is 0 Å². The molecule has 6 heteroatoms. The number of hydrogen-bond donors (Lipinski definition) is 1. The molecule has 1 N–H and O–H groups in total. The SMILES string of the molecule is CC(C)C[C@@H](NC(=O)OCI)C(=O)OCc1ccccc1. The second kappa shape index (κ2) is 9.59. The lowest BCUT2D eigenvalue weighted by Crippen LogP contribution is -2.42. The fraction of sp³-hybridized carbons (Fsp3) is 0.467. The number of nitrogens with one attached hydrogen (secondary N) is 1. The molecule has 0 aliphatic rings. The van der Waals surface area contributed by atoms with E-state index in [1.54, 1.807) is 0 Å². The summed E-state index contributed by atoms with van der Waals surface area (Å²) in [5, 5.41) is 2.54. The first-order valence-electron chi connectivity index (χ1n) is 6.72. The van der Waals surface area contributed by atoms with Crippen LogP contribution in [0.15, 0.2) is 30.3 Å². The summed E-state index contributed by atoms with van der Waals surface area (Å²) in [6.45, 7) is 4.14. The predicted molar refractivity (Wildman–Crippen MR) is 88.0 cm³/mol. The highest BCUT2D eigenvalue weighted by Gasteiger charge is 2.24. The molecule has 1 aromatic rings. The van der Waals surface area contributed by atoms with Crippen molar-refractivity contribution in [1.29, 1.82) is 0 Å². The van der Waals surface area contributed by atoms with Gasteiger partial charge in [-0.3, -0.25) is 0 Å². The molecule has 0 saturated carbocycles. The van der Waals surface area contributed by atoms with Gasteiger partial charge in [0.1, 0.15) is 17.3 Å². The van der Waals surface area contributed by atoms with E-state index in [-0.39, 0.29) is 17.1 Å². The Morgan fingerprint density at radius 3 is 2.43 bits per heavy atom. The number of esters is 1. The van der Waals surface area contributed by atoms with Crippen molar-refractivity contribution in [3.8, 4) is 0 Å². The molecule has 0 aliphatic heterocycles. The van der Waals surface area contributed by atoms with Crippen LogP contribution in [0.3, 0.4) is 0 Å². The van der Waals surface area contributed by atoms with Gasteiger partial charge in [-0.1, -0.05) is 44.2 Å². The Hall–Kier alpha value is -1.31. The fourth-order valence-electron chi connectivity index (χ4n) is 1.75. The molecule has 0 fully saturated rings. The molecule has 1 aromatic carbocycles. The average Bonchev–Trinajstić information content (AvgIpc) is 2.45. The lowest BCUT2D eigenvalue weighted by atomic mass is 10.0. The predicted octanol–water partition coefficient (Wildman–Crippen LogP) is 3.26. The maximum atomic E-state index is 12.1. The molecule has 5 nitrogen and oxygen atoms in total. The summed E-state index contributed by atoms with van der Waals surface area (Å²) in [7, 11) is 0. The molecule has 0 saturated heterocycles. The van der Waals surface area contributed by atoms with Gasteiger partial charge >= 0.3 is 12.1 Å². The first kappa shape index (κ1) is 17.7. The Kier molecular flexibility index (Phi) is 8.11. The summed E-state index contributed by atoms with van der Waals surface area (Å²) in [6.07, 6.45) is -0.101. The van der Waals surface area contributed by atoms with Gasteiger partial charge in [0.05, 0.1) is 0 Å². The van der Waals surface area contributed by atoms with E-state index in [0.717, 1.165) is 5.56 Å². The molecule has 0 bridgehead atoms. The van der Waals surface area contributed by atoms with Gasteiger partial charge in [0, 0.05) is 0 Å². The number of rotatable bonds is 7. The van der Waals surface area contributed by atoms with Crippen LogP contribution in [0.25, 0.3) is 0 Å². The van der Waals surface area contributed by atoms with Crippen molar-refractivity contribution in [1.82, 2.24) is 5.32 Å². The summed E-state index contributed by atoms with van der Waals surface area (Å²) in [4.78, 5) is 23.6. The third-order valence-corrected chi connectivity index (χ3v) is 3.00. The Bertz CT molecular complexity index is 450. The van der Waals surface area contributed by atoms with E-state index in [9.17, 15) is 9.59 Å². The zero-order valence-electron chi connectivity index (χ0n) is 12.2. The van der Waals surface area contributed by atoms with Crippen LogP contribution in [0, 0.1) is 5.92 Å². The zero-order valence-corrected chi connectivity index (χ0v) is 14.3. The summed E-state index contributed by atoms with van der Waals surface area (Å²) in [5.74, 6) is -0.197. The number of benzene rings is 1. The second-order valence-electron chi connectivity index (χ2n) is 4.96. The van der Waals surface area contributed by atoms with E-state index >= 15 is 0 Å². The van der Waals surface area contributed by atoms with Crippen LogP contribution in [0.2, 0.25) is 0 Å². The highest BCUT2D eigenvalue weighted by Crippen LogP contribution is 2.09. The van der Waals surface area contributed by atoms with E-state index in [0.29, 0.717) is 6.42 Å². The van der Waals surface area contributed by atoms with Crippen molar-refractivity contribution in [3.05, 3.63) is 35.9 Å². The van der Waals surface area contributed by atoms with E-state index < -0.39 is 18.1 Å². The molecule has 1 atom stereocenters. The fourth-order valence-corrected chi connectivity index (χ4v) is 2.03. The number of alkyl carbamates (subject to hydrolysis) is 1. The standard InChI is InChI=1S/C15H20INO4/c1-11(2)8-13(17-15(19)21-10-16)14(18)20-9-12-6-4-3-5-7-12/h3-7,11,13H,8-10H2,1-2H3,(H,17,19)/t13-/m1/s1. The maximum absolute atomic E-state index is 12.1. The van der Waals surface area contributed by atoms with Crippen molar-refractivity contribution in [2.45, 2.75) is 32.9 Å². The smallest absolute Gasteiger partial charge is 0.408 e. The largest absolute Gasteiger partial charge is 0.459 e. The minimum absolute atomic E-state index is 0.192. The summed E-state index contributed by atoms with van der Waals surface area (Å²) in [6, 6.07) is 8.72. The third kappa shape index (κ3) is 7.31. The molecule has 21 heavy (non-hydrogen) atoms. The van der Waals surface area contributed by atoms with E-state index in [4.69, 9.17) is 9.47 Å². The first-order chi connectivity index (χ1) is 10.0. The summed E-state index contributed by atoms with van der Waals surface area (Å²) < 4.78 is 10.3. The molecule has 0 spiro atoms. The highest BCUT2D eigenvalue weighted by atomic mass is 127. The summed E-state index contributed by atoms with van der Waals surface area (Å²) >= 11 is 1.92. The number of carbonyl (C=O) groups is 2. The highest BCUT2D eigenvalue weighted by molar-refractivity contribution is 14.1. The molecule has 1 rings (SSSR count).